The van der Waals surface area contributed by atoms with Crippen molar-refractivity contribution < 1.29 is 26.4 Å². The molecule has 7 heavy (non-hydrogen) atoms. The van der Waals surface area contributed by atoms with Gasteiger partial charge in [0.25, 0.3) is 0 Å². The minimum atomic E-state index is -1.33. The zero-order valence-corrected chi connectivity index (χ0v) is 5.92. The van der Waals surface area contributed by atoms with Crippen LogP contribution in [-0.2, 0) is 16.5 Å². The van der Waals surface area contributed by atoms with Crippen molar-refractivity contribution in [1.29, 1.82) is 0 Å². The van der Waals surface area contributed by atoms with E-state index in [0.29, 0.717) is 0 Å². The first-order valence-electron chi connectivity index (χ1n) is 0.916. The van der Waals surface area contributed by atoms with Crippen LogP contribution in [0.3, 0.4) is 0 Å². The Kier molecular flexibility index (Phi) is 36.0. The van der Waals surface area contributed by atoms with E-state index in [-0.39, 0.29) is 16.5 Å². The first kappa shape index (κ1) is 15.7. The van der Waals surface area contributed by atoms with Crippen LogP contribution in [0, 0.1) is 0 Å². The van der Waals surface area contributed by atoms with Crippen LogP contribution in [0.15, 0.2) is 0 Å². The fourth-order valence-corrected chi connectivity index (χ4v) is 0. The van der Waals surface area contributed by atoms with Crippen molar-refractivity contribution in [2.45, 2.75) is 0 Å². The van der Waals surface area contributed by atoms with Gasteiger partial charge in [-0.2, -0.15) is 0 Å². The zero-order valence-electron chi connectivity index (χ0n) is 3.14. The average Bonchev–Trinajstić information content (AvgIpc) is 1.41. The average molecular weight is 186 g/mol. The Bertz CT molecular complexity index is 38.7. The Morgan fingerprint density at radius 1 is 1.57 bits per heavy atom. The Balaban J connectivity index is -0.0000000480. The number of amides is 1. The normalized spacial score (nSPS) is 4.29. The molecular weight excluding hydrogens is 181 g/mol. The fourth-order valence-electron chi connectivity index (χ4n) is 0. The SMILES string of the molecule is NC(=O)O.SS.[Ni]. The first-order valence-corrected chi connectivity index (χ1v) is 2.52. The first-order chi connectivity index (χ1) is 2.73. The number of primary amides is 1. The number of rotatable bonds is 0. The van der Waals surface area contributed by atoms with Crippen LogP contribution in [0.4, 0.5) is 4.79 Å². The smallest absolute Gasteiger partial charge is 0.402 e. The van der Waals surface area contributed by atoms with E-state index in [2.05, 4.69) is 29.1 Å². The van der Waals surface area contributed by atoms with Gasteiger partial charge in [0, 0.05) is 16.5 Å². The van der Waals surface area contributed by atoms with Crippen molar-refractivity contribution in [3.63, 3.8) is 0 Å². The van der Waals surface area contributed by atoms with Gasteiger partial charge in [-0.3, -0.25) is 0 Å². The van der Waals surface area contributed by atoms with Crippen LogP contribution in [0.5, 0.6) is 0 Å². The number of nitrogens with two attached hydrogens (primary N) is 1. The van der Waals surface area contributed by atoms with Gasteiger partial charge in [-0.05, 0) is 0 Å². The summed E-state index contributed by atoms with van der Waals surface area (Å²) in [5, 5.41) is 7.19. The summed E-state index contributed by atoms with van der Waals surface area (Å²) in [5.74, 6) is 0. The van der Waals surface area contributed by atoms with Crippen molar-refractivity contribution in [2.24, 2.45) is 5.73 Å². The Morgan fingerprint density at radius 3 is 1.57 bits per heavy atom. The van der Waals surface area contributed by atoms with Crippen LogP contribution in [0.1, 0.15) is 0 Å². The van der Waals surface area contributed by atoms with E-state index < -0.39 is 6.09 Å². The van der Waals surface area contributed by atoms with E-state index in [1.54, 1.807) is 0 Å². The van der Waals surface area contributed by atoms with Crippen LogP contribution in [0.2, 0.25) is 0 Å². The quantitative estimate of drug-likeness (QED) is 0.251. The molecule has 0 aromatic carbocycles. The van der Waals surface area contributed by atoms with E-state index in [1.807, 2.05) is 0 Å². The van der Waals surface area contributed by atoms with E-state index in [0.717, 1.165) is 0 Å². The summed E-state index contributed by atoms with van der Waals surface area (Å²) in [6.45, 7) is 0. The summed E-state index contributed by atoms with van der Waals surface area (Å²) in [6, 6.07) is 0. The molecule has 0 saturated carbocycles. The maximum Gasteiger partial charge on any atom is 0.402 e. The molecule has 0 spiro atoms. The van der Waals surface area contributed by atoms with Gasteiger partial charge in [0.1, 0.15) is 0 Å². The van der Waals surface area contributed by atoms with Gasteiger partial charge in [-0.25, -0.2) is 4.79 Å². The molecule has 1 amide bonds. The summed E-state index contributed by atoms with van der Waals surface area (Å²) in [6.07, 6.45) is -1.33. The number of thiol groups is 2. The second-order valence-electron chi connectivity index (χ2n) is 0.338. The largest absolute Gasteiger partial charge is 0.465 e. The van der Waals surface area contributed by atoms with Gasteiger partial charge in [0.2, 0.25) is 0 Å². The monoisotopic (exact) mass is 185 g/mol. The minimum Gasteiger partial charge on any atom is -0.465 e. The maximum absolute atomic E-state index is 8.78. The summed E-state index contributed by atoms with van der Waals surface area (Å²) >= 11 is 6.44. The van der Waals surface area contributed by atoms with E-state index >= 15 is 0 Å². The molecule has 0 saturated heterocycles. The zero-order chi connectivity index (χ0) is 5.58. The molecule has 3 N–H and O–H groups in total. The molecule has 48 valence electrons. The molecule has 0 fully saturated rings. The van der Waals surface area contributed by atoms with E-state index in [4.69, 9.17) is 9.90 Å². The van der Waals surface area contributed by atoms with Gasteiger partial charge >= 0.3 is 6.09 Å². The minimum absolute atomic E-state index is 0. The van der Waals surface area contributed by atoms with Gasteiger partial charge in [-0.15, -0.1) is 23.3 Å². The molecule has 0 unspecified atom stereocenters. The molecule has 0 rings (SSSR count). The third-order valence-corrected chi connectivity index (χ3v) is 0. The summed E-state index contributed by atoms with van der Waals surface area (Å²) in [4.78, 5) is 8.78. The molecule has 6 heteroatoms. The molecule has 0 heterocycles. The van der Waals surface area contributed by atoms with Crippen LogP contribution < -0.4 is 5.73 Å². The van der Waals surface area contributed by atoms with Crippen molar-refractivity contribution in [2.75, 3.05) is 0 Å². The second kappa shape index (κ2) is 16.1. The molecule has 0 aromatic heterocycles. The Labute approximate surface area is 61.8 Å². The Hall–Kier alpha value is 0.464. The van der Waals surface area contributed by atoms with E-state index in [9.17, 15) is 0 Å². The van der Waals surface area contributed by atoms with Gasteiger partial charge < -0.3 is 10.8 Å². The predicted octanol–water partition coefficient (Wildman–Crippen LogP) is 0.382. The number of hydrogen-bond donors (Lipinski definition) is 4. The van der Waals surface area contributed by atoms with Crippen molar-refractivity contribution in [1.82, 2.24) is 0 Å². The molecule has 0 aromatic rings. The van der Waals surface area contributed by atoms with Gasteiger partial charge in [0.05, 0.1) is 0 Å². The third-order valence-electron chi connectivity index (χ3n) is 0. The molecular formula is CH5NNiO2S2. The molecule has 0 bridgehead atoms. The topological polar surface area (TPSA) is 63.3 Å². The predicted molar refractivity (Wildman–Crippen MR) is 30.2 cm³/mol. The van der Waals surface area contributed by atoms with Crippen LogP contribution in [0.25, 0.3) is 0 Å². The van der Waals surface area contributed by atoms with Crippen molar-refractivity contribution in [3.05, 3.63) is 0 Å². The molecule has 0 aliphatic heterocycles. The molecule has 0 atom stereocenters. The third kappa shape index (κ3) is 599. The molecule has 0 aliphatic carbocycles. The number of hydrogen-bond acceptors (Lipinski definition) is 3. The number of carbonyl (C=O) groups is 1. The summed E-state index contributed by atoms with van der Waals surface area (Å²) < 4.78 is 0. The number of carboxylic acid groups (broad SMARTS) is 1. The fraction of sp³-hybridized carbons (Fsp3) is 0. The summed E-state index contributed by atoms with van der Waals surface area (Å²) in [5.41, 5.74) is 4.03. The summed E-state index contributed by atoms with van der Waals surface area (Å²) in [7, 11) is 0. The standard InChI is InChI=1S/CH3NO2.Ni.H2S2/c2-1(3)4;;1-2/h2H2,(H,3,4);;1-2H. The van der Waals surface area contributed by atoms with Crippen molar-refractivity contribution >= 4 is 29.4 Å². The van der Waals surface area contributed by atoms with Crippen LogP contribution in [-0.4, -0.2) is 11.2 Å². The van der Waals surface area contributed by atoms with Crippen LogP contribution >= 0.6 is 23.3 Å². The maximum atomic E-state index is 8.78. The molecule has 3 nitrogen and oxygen atoms in total. The second-order valence-corrected chi connectivity index (χ2v) is 0.338. The van der Waals surface area contributed by atoms with Gasteiger partial charge in [0.15, 0.2) is 0 Å². The van der Waals surface area contributed by atoms with Crippen molar-refractivity contribution in [3.8, 4) is 0 Å². The Morgan fingerprint density at radius 2 is 1.57 bits per heavy atom. The van der Waals surface area contributed by atoms with E-state index in [1.165, 1.54) is 0 Å². The molecule has 0 aliphatic rings. The molecule has 0 radical (unpaired) electrons. The van der Waals surface area contributed by atoms with Gasteiger partial charge in [-0.1, -0.05) is 0 Å².